The lowest BCUT2D eigenvalue weighted by atomic mass is 10.1. The summed E-state index contributed by atoms with van der Waals surface area (Å²) < 4.78 is 30.9. The molecule has 1 aliphatic carbocycles. The van der Waals surface area contributed by atoms with E-state index in [0.717, 1.165) is 11.3 Å². The maximum absolute atomic E-state index is 14.0. The number of nitrogens with one attached hydrogen (secondary N) is 2. The lowest BCUT2D eigenvalue weighted by Gasteiger charge is -2.16. The van der Waals surface area contributed by atoms with E-state index in [1.165, 1.54) is 25.3 Å². The van der Waals surface area contributed by atoms with Crippen LogP contribution in [0.5, 0.6) is 5.88 Å². The molecular weight excluding hydrogens is 543 g/mol. The molecule has 13 heteroatoms. The van der Waals surface area contributed by atoms with E-state index in [-0.39, 0.29) is 29.9 Å². The number of aromatic nitrogens is 4. The van der Waals surface area contributed by atoms with Crippen molar-refractivity contribution in [2.45, 2.75) is 31.8 Å². The molecule has 6 rings (SSSR count). The topological polar surface area (TPSA) is 137 Å². The Morgan fingerprint density at radius 2 is 1.90 bits per heavy atom. The van der Waals surface area contributed by atoms with E-state index in [9.17, 15) is 14.0 Å². The highest BCUT2D eigenvalue weighted by molar-refractivity contribution is 6.38. The van der Waals surface area contributed by atoms with Gasteiger partial charge in [0, 0.05) is 24.5 Å². The van der Waals surface area contributed by atoms with Crippen molar-refractivity contribution in [3.8, 4) is 23.1 Å². The molecule has 40 heavy (non-hydrogen) atoms. The number of hydrogen-bond donors (Lipinski definition) is 2. The van der Waals surface area contributed by atoms with Crippen molar-refractivity contribution in [3.63, 3.8) is 0 Å². The fraction of sp³-hybridized carbons (Fsp3) is 0.222. The van der Waals surface area contributed by atoms with E-state index >= 15 is 0 Å². The molecule has 1 aliphatic rings. The van der Waals surface area contributed by atoms with Gasteiger partial charge in [-0.25, -0.2) is 4.39 Å². The SMILES string of the molecule is COc1cc(C(=O)NC2(C(=O)NCc3ccc(-n4c(-c5noc(C)n5)c(Cl)c5cc(F)ccc54)cc3)CC2)on1. The van der Waals surface area contributed by atoms with Crippen LogP contribution in [0.2, 0.25) is 5.02 Å². The molecule has 2 amide bonds. The summed E-state index contributed by atoms with van der Waals surface area (Å²) in [5.74, 6) is -0.485. The number of carbonyl (C=O) groups excluding carboxylic acids is 2. The van der Waals surface area contributed by atoms with Crippen LogP contribution < -0.4 is 15.4 Å². The number of aryl methyl sites for hydroxylation is 1. The van der Waals surface area contributed by atoms with Crippen LogP contribution in [-0.4, -0.2) is 44.3 Å². The van der Waals surface area contributed by atoms with E-state index in [0.29, 0.717) is 40.4 Å². The molecule has 0 bridgehead atoms. The van der Waals surface area contributed by atoms with Crippen molar-refractivity contribution in [3.05, 3.63) is 76.6 Å². The highest BCUT2D eigenvalue weighted by Crippen LogP contribution is 2.39. The molecule has 11 nitrogen and oxygen atoms in total. The first-order valence-corrected chi connectivity index (χ1v) is 12.7. The molecule has 1 saturated carbocycles. The summed E-state index contributed by atoms with van der Waals surface area (Å²) in [6.45, 7) is 1.91. The summed E-state index contributed by atoms with van der Waals surface area (Å²) in [6, 6.07) is 13.1. The van der Waals surface area contributed by atoms with Gasteiger partial charge in [-0.1, -0.05) is 28.9 Å². The second-order valence-corrected chi connectivity index (χ2v) is 9.79. The highest BCUT2D eigenvalue weighted by atomic mass is 35.5. The van der Waals surface area contributed by atoms with Crippen molar-refractivity contribution < 1.29 is 27.8 Å². The van der Waals surface area contributed by atoms with Gasteiger partial charge in [0.1, 0.15) is 17.1 Å². The fourth-order valence-corrected chi connectivity index (χ4v) is 4.80. The lowest BCUT2D eigenvalue weighted by Crippen LogP contribution is -2.48. The average molecular weight is 565 g/mol. The van der Waals surface area contributed by atoms with Gasteiger partial charge in [0.05, 0.1) is 23.7 Å². The Morgan fingerprint density at radius 3 is 2.55 bits per heavy atom. The Balaban J connectivity index is 1.20. The van der Waals surface area contributed by atoms with Gasteiger partial charge in [0.2, 0.25) is 23.4 Å². The van der Waals surface area contributed by atoms with E-state index in [4.69, 9.17) is 25.4 Å². The predicted molar refractivity (Wildman–Crippen MR) is 141 cm³/mol. The Bertz CT molecular complexity index is 1750. The van der Waals surface area contributed by atoms with Gasteiger partial charge in [-0.3, -0.25) is 9.59 Å². The number of fused-ring (bicyclic) bond motifs is 1. The van der Waals surface area contributed by atoms with E-state index in [1.807, 2.05) is 28.8 Å². The van der Waals surface area contributed by atoms with Gasteiger partial charge in [0.25, 0.3) is 11.8 Å². The van der Waals surface area contributed by atoms with Crippen LogP contribution in [0.25, 0.3) is 28.1 Å². The van der Waals surface area contributed by atoms with Crippen molar-refractivity contribution in [2.24, 2.45) is 0 Å². The molecule has 0 atom stereocenters. The molecule has 5 aromatic rings. The largest absolute Gasteiger partial charge is 0.479 e. The molecule has 0 aliphatic heterocycles. The zero-order valence-electron chi connectivity index (χ0n) is 21.3. The van der Waals surface area contributed by atoms with E-state index < -0.39 is 17.3 Å². The number of carbonyl (C=O) groups is 2. The zero-order valence-corrected chi connectivity index (χ0v) is 22.1. The Kier molecular flexibility index (Phi) is 6.26. The quantitative estimate of drug-likeness (QED) is 0.284. The third kappa shape index (κ3) is 4.56. The number of hydrogen-bond acceptors (Lipinski definition) is 8. The second kappa shape index (κ2) is 9.79. The van der Waals surface area contributed by atoms with Gasteiger partial charge >= 0.3 is 0 Å². The van der Waals surface area contributed by atoms with Gasteiger partial charge < -0.3 is 29.0 Å². The first kappa shape index (κ1) is 25.6. The molecule has 3 aromatic heterocycles. The van der Waals surface area contributed by atoms with Crippen molar-refractivity contribution in [2.75, 3.05) is 7.11 Å². The number of halogens is 2. The summed E-state index contributed by atoms with van der Waals surface area (Å²) in [7, 11) is 1.41. The highest BCUT2D eigenvalue weighted by Gasteiger charge is 2.51. The Hall–Kier alpha value is -4.71. The molecule has 0 radical (unpaired) electrons. The Morgan fingerprint density at radius 1 is 1.12 bits per heavy atom. The minimum Gasteiger partial charge on any atom is -0.479 e. The van der Waals surface area contributed by atoms with Crippen molar-refractivity contribution >= 4 is 34.3 Å². The third-order valence-electron chi connectivity index (χ3n) is 6.71. The molecule has 0 spiro atoms. The first-order chi connectivity index (χ1) is 19.3. The lowest BCUT2D eigenvalue weighted by molar-refractivity contribution is -0.124. The van der Waals surface area contributed by atoms with Crippen LogP contribution >= 0.6 is 11.6 Å². The standard InChI is InChI=1S/C27H22ClFN6O5/c1-14-31-24(34-39-14)23-22(28)18-11-16(29)5-8-19(18)35(23)17-6-3-15(4-7-17)13-30-26(37)27(9-10-27)32-25(36)20-12-21(38-2)33-40-20/h3-8,11-12H,9-10,13H2,1-2H3,(H,30,37)(H,32,36). The van der Waals surface area contributed by atoms with E-state index in [2.05, 4.69) is 25.9 Å². The van der Waals surface area contributed by atoms with Crippen LogP contribution in [0.1, 0.15) is 34.9 Å². The fourth-order valence-electron chi connectivity index (χ4n) is 4.48. The minimum absolute atomic E-state index is 0.0396. The van der Waals surface area contributed by atoms with Crippen LogP contribution in [0.15, 0.2) is 57.6 Å². The minimum atomic E-state index is -0.995. The molecule has 2 aromatic carbocycles. The van der Waals surface area contributed by atoms with Gasteiger partial charge in [-0.15, -0.1) is 0 Å². The van der Waals surface area contributed by atoms with Crippen LogP contribution in [0, 0.1) is 12.7 Å². The van der Waals surface area contributed by atoms with Crippen molar-refractivity contribution in [1.82, 2.24) is 30.5 Å². The molecule has 2 N–H and O–H groups in total. The molecular formula is C27H22ClFN6O5. The number of amides is 2. The van der Waals surface area contributed by atoms with Gasteiger partial charge in [0.15, 0.2) is 0 Å². The van der Waals surface area contributed by atoms with Crippen LogP contribution in [-0.2, 0) is 11.3 Å². The maximum atomic E-state index is 14.0. The van der Waals surface area contributed by atoms with Crippen molar-refractivity contribution in [1.29, 1.82) is 0 Å². The summed E-state index contributed by atoms with van der Waals surface area (Å²) >= 11 is 6.67. The van der Waals surface area contributed by atoms with E-state index in [1.54, 1.807) is 13.0 Å². The normalized spacial score (nSPS) is 13.8. The average Bonchev–Trinajstić information content (AvgIpc) is 3.25. The van der Waals surface area contributed by atoms with Crippen LogP contribution in [0.4, 0.5) is 4.39 Å². The monoisotopic (exact) mass is 564 g/mol. The molecule has 0 saturated heterocycles. The summed E-state index contributed by atoms with van der Waals surface area (Å²) in [6.07, 6.45) is 1.02. The Labute approximate surface area is 231 Å². The molecule has 204 valence electrons. The zero-order chi connectivity index (χ0) is 28.0. The molecule has 1 fully saturated rings. The second-order valence-electron chi connectivity index (χ2n) is 9.42. The number of ether oxygens (including phenoxy) is 1. The van der Waals surface area contributed by atoms with Gasteiger partial charge in [-0.05, 0) is 53.9 Å². The number of nitrogens with zero attached hydrogens (tertiary/aromatic N) is 4. The summed E-state index contributed by atoms with van der Waals surface area (Å²) in [5.41, 5.74) is 1.69. The molecule has 3 heterocycles. The summed E-state index contributed by atoms with van der Waals surface area (Å²) in [5, 5.41) is 14.0. The number of rotatable bonds is 8. The first-order valence-electron chi connectivity index (χ1n) is 12.3. The smallest absolute Gasteiger partial charge is 0.290 e. The number of methoxy groups -OCH3 is 1. The number of benzene rings is 2. The maximum Gasteiger partial charge on any atom is 0.290 e. The van der Waals surface area contributed by atoms with Crippen LogP contribution in [0.3, 0.4) is 0 Å². The van der Waals surface area contributed by atoms with Gasteiger partial charge in [-0.2, -0.15) is 4.98 Å². The predicted octanol–water partition coefficient (Wildman–Crippen LogP) is 4.36. The molecule has 0 unspecified atom stereocenters. The summed E-state index contributed by atoms with van der Waals surface area (Å²) in [4.78, 5) is 29.7. The third-order valence-corrected chi connectivity index (χ3v) is 7.10.